The number of rotatable bonds is 7. The minimum Gasteiger partial charge on any atom is -0.352 e. The zero-order valence-corrected chi connectivity index (χ0v) is 14.3. The Kier molecular flexibility index (Phi) is 6.61. The number of carbonyl (C=O) groups is 2. The number of anilines is 1. The highest BCUT2D eigenvalue weighted by Gasteiger charge is 2.11. The Morgan fingerprint density at radius 3 is 2.58 bits per heavy atom. The maximum absolute atomic E-state index is 12.0. The lowest BCUT2D eigenvalue weighted by atomic mass is 10.1. The van der Waals surface area contributed by atoms with E-state index in [9.17, 15) is 19.7 Å². The molecule has 0 unspecified atom stereocenters. The second-order valence-corrected chi connectivity index (χ2v) is 5.59. The molecule has 7 heteroatoms. The van der Waals surface area contributed by atoms with Gasteiger partial charge in [-0.25, -0.2) is 0 Å². The zero-order valence-electron chi connectivity index (χ0n) is 14.3. The van der Waals surface area contributed by atoms with E-state index >= 15 is 0 Å². The van der Waals surface area contributed by atoms with Crippen LogP contribution < -0.4 is 10.6 Å². The van der Waals surface area contributed by atoms with E-state index in [0.29, 0.717) is 5.69 Å². The number of hydrogen-bond donors (Lipinski definition) is 2. The quantitative estimate of drug-likeness (QED) is 0.454. The van der Waals surface area contributed by atoms with E-state index in [-0.39, 0.29) is 30.5 Å². The summed E-state index contributed by atoms with van der Waals surface area (Å²) in [5.74, 6) is -0.630. The van der Waals surface area contributed by atoms with Gasteiger partial charge in [0.25, 0.3) is 5.69 Å². The van der Waals surface area contributed by atoms with Gasteiger partial charge >= 0.3 is 0 Å². The molecule has 0 saturated heterocycles. The molecule has 0 saturated carbocycles. The van der Waals surface area contributed by atoms with Gasteiger partial charge in [-0.3, -0.25) is 19.7 Å². The third-order valence-electron chi connectivity index (χ3n) is 3.58. The van der Waals surface area contributed by atoms with E-state index < -0.39 is 4.92 Å². The number of benzene rings is 2. The van der Waals surface area contributed by atoms with Crippen molar-refractivity contribution in [2.24, 2.45) is 0 Å². The Bertz CT molecular complexity index is 832. The molecule has 7 nitrogen and oxygen atoms in total. The molecule has 0 spiro atoms. The highest BCUT2D eigenvalue weighted by molar-refractivity contribution is 5.94. The van der Waals surface area contributed by atoms with Crippen LogP contribution in [0, 0.1) is 17.0 Å². The third kappa shape index (κ3) is 5.86. The number of nitrogens with one attached hydrogen (secondary N) is 2. The lowest BCUT2D eigenvalue weighted by Crippen LogP contribution is -2.26. The number of nitro benzene ring substituents is 1. The first kappa shape index (κ1) is 18.9. The van der Waals surface area contributed by atoms with Crippen LogP contribution in [0.15, 0.2) is 54.6 Å². The van der Waals surface area contributed by atoms with Gasteiger partial charge in [-0.15, -0.1) is 0 Å². The molecular weight excluding hydrogens is 334 g/mol. The highest BCUT2D eigenvalue weighted by atomic mass is 16.6. The lowest BCUT2D eigenvalue weighted by Gasteiger charge is -2.08. The Labute approximate surface area is 150 Å². The fourth-order valence-electron chi connectivity index (χ4n) is 2.17. The van der Waals surface area contributed by atoms with Crippen LogP contribution in [0.1, 0.15) is 17.5 Å². The molecule has 2 aromatic rings. The van der Waals surface area contributed by atoms with E-state index in [1.54, 1.807) is 19.1 Å². The van der Waals surface area contributed by atoms with E-state index in [2.05, 4.69) is 10.6 Å². The SMILES string of the molecule is Cc1ccc([N+](=O)[O-])cc1NC(=O)CCNC(=O)/C=C/c1ccccc1. The van der Waals surface area contributed by atoms with Crippen LogP contribution in [0.2, 0.25) is 0 Å². The molecule has 0 fully saturated rings. The summed E-state index contributed by atoms with van der Waals surface area (Å²) >= 11 is 0. The molecule has 2 amide bonds. The van der Waals surface area contributed by atoms with E-state index in [0.717, 1.165) is 11.1 Å². The molecule has 134 valence electrons. The summed E-state index contributed by atoms with van der Waals surface area (Å²) in [4.78, 5) is 34.0. The van der Waals surface area contributed by atoms with Crippen LogP contribution in [-0.2, 0) is 9.59 Å². The van der Waals surface area contributed by atoms with Gasteiger partial charge in [0, 0.05) is 31.2 Å². The van der Waals surface area contributed by atoms with Crippen molar-refractivity contribution in [3.63, 3.8) is 0 Å². The summed E-state index contributed by atoms with van der Waals surface area (Å²) in [5.41, 5.74) is 1.92. The number of amides is 2. The first-order valence-corrected chi connectivity index (χ1v) is 8.01. The Hall–Kier alpha value is -3.48. The molecule has 0 bridgehead atoms. The van der Waals surface area contributed by atoms with E-state index in [1.165, 1.54) is 18.2 Å². The molecule has 0 aliphatic rings. The zero-order chi connectivity index (χ0) is 18.9. The summed E-state index contributed by atoms with van der Waals surface area (Å²) in [6.45, 7) is 1.91. The maximum atomic E-state index is 12.0. The molecule has 0 aromatic heterocycles. The van der Waals surface area contributed by atoms with Crippen molar-refractivity contribution < 1.29 is 14.5 Å². The fourth-order valence-corrected chi connectivity index (χ4v) is 2.17. The van der Waals surface area contributed by atoms with Gasteiger partial charge in [0.2, 0.25) is 11.8 Å². The largest absolute Gasteiger partial charge is 0.352 e. The summed E-state index contributed by atoms with van der Waals surface area (Å²) in [7, 11) is 0. The van der Waals surface area contributed by atoms with Crippen LogP contribution in [0.25, 0.3) is 6.08 Å². The second-order valence-electron chi connectivity index (χ2n) is 5.59. The molecule has 0 aliphatic carbocycles. The molecule has 0 atom stereocenters. The molecular formula is C19H19N3O4. The van der Waals surface area contributed by atoms with Gasteiger partial charge in [-0.05, 0) is 24.1 Å². The predicted octanol–water partition coefficient (Wildman–Crippen LogP) is 3.06. The van der Waals surface area contributed by atoms with Crippen molar-refractivity contribution in [2.75, 3.05) is 11.9 Å². The van der Waals surface area contributed by atoms with Gasteiger partial charge in [-0.1, -0.05) is 36.4 Å². The summed E-state index contributed by atoms with van der Waals surface area (Å²) in [6.07, 6.45) is 3.15. The maximum Gasteiger partial charge on any atom is 0.271 e. The van der Waals surface area contributed by atoms with Gasteiger partial charge in [-0.2, -0.15) is 0 Å². The van der Waals surface area contributed by atoms with Crippen LogP contribution in [0.5, 0.6) is 0 Å². The highest BCUT2D eigenvalue weighted by Crippen LogP contribution is 2.21. The lowest BCUT2D eigenvalue weighted by molar-refractivity contribution is -0.384. The summed E-state index contributed by atoms with van der Waals surface area (Å²) < 4.78 is 0. The predicted molar refractivity (Wildman–Crippen MR) is 99.6 cm³/mol. The van der Waals surface area contributed by atoms with E-state index in [1.807, 2.05) is 30.3 Å². The topological polar surface area (TPSA) is 101 Å². The number of carbonyl (C=O) groups excluding carboxylic acids is 2. The summed E-state index contributed by atoms with van der Waals surface area (Å²) in [6, 6.07) is 13.6. The minimum absolute atomic E-state index is 0.0625. The Morgan fingerprint density at radius 2 is 1.88 bits per heavy atom. The second kappa shape index (κ2) is 9.12. The molecule has 26 heavy (non-hydrogen) atoms. The molecule has 2 N–H and O–H groups in total. The smallest absolute Gasteiger partial charge is 0.271 e. The average molecular weight is 353 g/mol. The van der Waals surface area contributed by atoms with Crippen LogP contribution in [0.4, 0.5) is 11.4 Å². The number of aryl methyl sites for hydroxylation is 1. The molecule has 0 heterocycles. The third-order valence-corrected chi connectivity index (χ3v) is 3.58. The number of non-ortho nitro benzene ring substituents is 1. The van der Waals surface area contributed by atoms with Gasteiger partial charge < -0.3 is 10.6 Å². The van der Waals surface area contributed by atoms with Crippen LogP contribution in [0.3, 0.4) is 0 Å². The average Bonchev–Trinajstić information content (AvgIpc) is 2.62. The van der Waals surface area contributed by atoms with Crippen molar-refractivity contribution in [2.45, 2.75) is 13.3 Å². The number of hydrogen-bond acceptors (Lipinski definition) is 4. The van der Waals surface area contributed by atoms with Crippen molar-refractivity contribution in [3.05, 3.63) is 75.8 Å². The first-order chi connectivity index (χ1) is 12.5. The van der Waals surface area contributed by atoms with Crippen molar-refractivity contribution in [1.82, 2.24) is 5.32 Å². The number of nitro groups is 1. The van der Waals surface area contributed by atoms with Crippen molar-refractivity contribution in [3.8, 4) is 0 Å². The molecule has 0 radical (unpaired) electrons. The number of nitrogens with zero attached hydrogens (tertiary/aromatic N) is 1. The standard InChI is InChI=1S/C19H19N3O4/c1-14-7-9-16(22(25)26)13-17(14)21-19(24)11-12-20-18(23)10-8-15-5-3-2-4-6-15/h2-10,13H,11-12H2,1H3,(H,20,23)(H,21,24)/b10-8+. The summed E-state index contributed by atoms with van der Waals surface area (Å²) in [5, 5.41) is 16.0. The first-order valence-electron chi connectivity index (χ1n) is 8.01. The van der Waals surface area contributed by atoms with Gasteiger partial charge in [0.1, 0.15) is 0 Å². The molecule has 2 rings (SSSR count). The Morgan fingerprint density at radius 1 is 1.15 bits per heavy atom. The van der Waals surface area contributed by atoms with Gasteiger partial charge in [0.05, 0.1) is 10.6 Å². The minimum atomic E-state index is -0.519. The van der Waals surface area contributed by atoms with Crippen LogP contribution >= 0.6 is 0 Å². The molecule has 0 aliphatic heterocycles. The monoisotopic (exact) mass is 353 g/mol. The molecule has 2 aromatic carbocycles. The normalized spacial score (nSPS) is 10.5. The van der Waals surface area contributed by atoms with Gasteiger partial charge in [0.15, 0.2) is 0 Å². The van der Waals surface area contributed by atoms with Crippen molar-refractivity contribution in [1.29, 1.82) is 0 Å². The van der Waals surface area contributed by atoms with E-state index in [4.69, 9.17) is 0 Å². The van der Waals surface area contributed by atoms with Crippen molar-refractivity contribution >= 4 is 29.3 Å². The van der Waals surface area contributed by atoms with Crippen LogP contribution in [-0.4, -0.2) is 23.3 Å². The fraction of sp³-hybridized carbons (Fsp3) is 0.158. The Balaban J connectivity index is 1.80.